The van der Waals surface area contributed by atoms with Gasteiger partial charge < -0.3 is 5.32 Å². The van der Waals surface area contributed by atoms with Crippen LogP contribution in [0.4, 0.5) is 5.82 Å². The largest absolute Gasteiger partial charge is 0.373 e. The summed E-state index contributed by atoms with van der Waals surface area (Å²) in [5, 5.41) is 3.10. The topological polar surface area (TPSA) is 37.8 Å². The lowest BCUT2D eigenvalue weighted by atomic mass is 10.1. The summed E-state index contributed by atoms with van der Waals surface area (Å²) in [6.45, 7) is 4.29. The van der Waals surface area contributed by atoms with Crippen LogP contribution in [0, 0.1) is 0 Å². The molecule has 3 nitrogen and oxygen atoms in total. The fraction of sp³-hybridized carbons (Fsp3) is 0.333. The summed E-state index contributed by atoms with van der Waals surface area (Å²) in [6, 6.07) is 10.2. The molecule has 106 valence electrons. The predicted molar refractivity (Wildman–Crippen MR) is 89.4 cm³/mol. The molecule has 0 saturated heterocycles. The van der Waals surface area contributed by atoms with Crippen molar-refractivity contribution in [3.8, 4) is 0 Å². The summed E-state index contributed by atoms with van der Waals surface area (Å²) < 4.78 is 1.11. The molecule has 0 amide bonds. The first kappa shape index (κ1) is 15.3. The Kier molecular flexibility index (Phi) is 5.43. The number of hydrogen-bond acceptors (Lipinski definition) is 4. The van der Waals surface area contributed by atoms with Crippen molar-refractivity contribution in [2.75, 3.05) is 12.4 Å². The van der Waals surface area contributed by atoms with E-state index >= 15 is 0 Å². The third kappa shape index (κ3) is 3.96. The van der Waals surface area contributed by atoms with Gasteiger partial charge in [0.05, 0.1) is 5.75 Å². The van der Waals surface area contributed by atoms with E-state index in [2.05, 4.69) is 51.1 Å². The van der Waals surface area contributed by atoms with Crippen LogP contribution in [0.3, 0.4) is 0 Å². The van der Waals surface area contributed by atoms with Crippen molar-refractivity contribution < 1.29 is 0 Å². The average Bonchev–Trinajstić information content (AvgIpc) is 2.46. The molecule has 0 saturated carbocycles. The Bertz CT molecular complexity index is 587. The van der Waals surface area contributed by atoms with Crippen LogP contribution in [0.15, 0.2) is 39.7 Å². The molecule has 0 bridgehead atoms. The van der Waals surface area contributed by atoms with Crippen molar-refractivity contribution in [1.29, 1.82) is 0 Å². The van der Waals surface area contributed by atoms with E-state index in [1.165, 1.54) is 4.90 Å². The van der Waals surface area contributed by atoms with Crippen LogP contribution < -0.4 is 5.32 Å². The van der Waals surface area contributed by atoms with Gasteiger partial charge in [-0.2, -0.15) is 0 Å². The van der Waals surface area contributed by atoms with Crippen molar-refractivity contribution in [1.82, 2.24) is 9.97 Å². The number of nitrogens with one attached hydrogen (secondary N) is 1. The van der Waals surface area contributed by atoms with Crippen molar-refractivity contribution in [3.63, 3.8) is 0 Å². The summed E-state index contributed by atoms with van der Waals surface area (Å²) in [6.07, 6.45) is 0. The van der Waals surface area contributed by atoms with Gasteiger partial charge in [0, 0.05) is 28.2 Å². The van der Waals surface area contributed by atoms with Crippen molar-refractivity contribution >= 4 is 33.5 Å². The maximum Gasteiger partial charge on any atom is 0.141 e. The predicted octanol–water partition coefficient (Wildman–Crippen LogP) is 4.70. The third-order valence-electron chi connectivity index (χ3n) is 2.83. The zero-order valence-electron chi connectivity index (χ0n) is 11.9. The van der Waals surface area contributed by atoms with E-state index in [1.54, 1.807) is 11.8 Å². The van der Waals surface area contributed by atoms with Crippen molar-refractivity contribution in [3.05, 3.63) is 46.3 Å². The van der Waals surface area contributed by atoms with Crippen molar-refractivity contribution in [2.45, 2.75) is 30.4 Å². The summed E-state index contributed by atoms with van der Waals surface area (Å²) in [7, 11) is 1.89. The Hall–Kier alpha value is -1.07. The molecule has 0 fully saturated rings. The molecule has 1 N–H and O–H groups in total. The quantitative estimate of drug-likeness (QED) is 0.792. The van der Waals surface area contributed by atoms with Crippen LogP contribution in [0.5, 0.6) is 0 Å². The Morgan fingerprint density at radius 1 is 1.25 bits per heavy atom. The summed E-state index contributed by atoms with van der Waals surface area (Å²) in [5.41, 5.74) is 1.08. The van der Waals surface area contributed by atoms with Crippen LogP contribution in [0.2, 0.25) is 0 Å². The molecule has 1 heterocycles. The molecule has 0 aliphatic rings. The van der Waals surface area contributed by atoms with Gasteiger partial charge in [-0.15, -0.1) is 11.8 Å². The second kappa shape index (κ2) is 7.09. The molecular formula is C15H18BrN3S. The van der Waals surface area contributed by atoms with E-state index < -0.39 is 0 Å². The maximum absolute atomic E-state index is 4.64. The summed E-state index contributed by atoms with van der Waals surface area (Å²) in [5.74, 6) is 2.91. The summed E-state index contributed by atoms with van der Waals surface area (Å²) in [4.78, 5) is 10.4. The Morgan fingerprint density at radius 3 is 2.65 bits per heavy atom. The van der Waals surface area contributed by atoms with E-state index in [9.17, 15) is 0 Å². The first-order valence-corrected chi connectivity index (χ1v) is 8.31. The molecule has 0 unspecified atom stereocenters. The van der Waals surface area contributed by atoms with Crippen LogP contribution in [-0.4, -0.2) is 17.0 Å². The first-order chi connectivity index (χ1) is 9.60. The lowest BCUT2D eigenvalue weighted by Gasteiger charge is -2.10. The third-order valence-corrected chi connectivity index (χ3v) is 4.86. The van der Waals surface area contributed by atoms with Gasteiger partial charge in [0.1, 0.15) is 11.6 Å². The number of benzene rings is 1. The van der Waals surface area contributed by atoms with Gasteiger partial charge in [-0.3, -0.25) is 0 Å². The van der Waals surface area contributed by atoms with Crippen LogP contribution in [-0.2, 0) is 5.75 Å². The monoisotopic (exact) mass is 351 g/mol. The van der Waals surface area contributed by atoms with E-state index in [-0.39, 0.29) is 0 Å². The van der Waals surface area contributed by atoms with E-state index in [0.29, 0.717) is 5.92 Å². The minimum atomic E-state index is 0.400. The number of aromatic nitrogens is 2. The first-order valence-electron chi connectivity index (χ1n) is 6.53. The highest BCUT2D eigenvalue weighted by atomic mass is 79.9. The molecule has 2 rings (SSSR count). The van der Waals surface area contributed by atoms with E-state index in [4.69, 9.17) is 0 Å². The van der Waals surface area contributed by atoms with E-state index in [0.717, 1.165) is 27.6 Å². The second-order valence-corrected chi connectivity index (χ2v) is 6.59. The minimum absolute atomic E-state index is 0.400. The molecule has 0 aliphatic carbocycles. The van der Waals surface area contributed by atoms with E-state index in [1.807, 2.05) is 31.3 Å². The highest BCUT2D eigenvalue weighted by molar-refractivity contribution is 9.10. The second-order valence-electron chi connectivity index (χ2n) is 4.72. The van der Waals surface area contributed by atoms with Crippen LogP contribution in [0.25, 0.3) is 0 Å². The van der Waals surface area contributed by atoms with Gasteiger partial charge in [0.25, 0.3) is 0 Å². The number of anilines is 1. The molecule has 1 aromatic heterocycles. The van der Waals surface area contributed by atoms with Gasteiger partial charge in [-0.25, -0.2) is 9.97 Å². The molecule has 5 heteroatoms. The standard InChI is InChI=1S/C15H18BrN3S/c1-10(2)12-8-14(17-3)19-15(18-12)9-20-13-7-5-4-6-11(13)16/h4-8,10H,9H2,1-3H3,(H,17,18,19). The van der Waals surface area contributed by atoms with Crippen LogP contribution >= 0.6 is 27.7 Å². The van der Waals surface area contributed by atoms with Gasteiger partial charge >= 0.3 is 0 Å². The SMILES string of the molecule is CNc1cc(C(C)C)nc(CSc2ccccc2Br)n1. The van der Waals surface area contributed by atoms with Crippen LogP contribution in [0.1, 0.15) is 31.3 Å². The number of hydrogen-bond donors (Lipinski definition) is 1. The van der Waals surface area contributed by atoms with Gasteiger partial charge in [-0.1, -0.05) is 26.0 Å². The minimum Gasteiger partial charge on any atom is -0.373 e. The molecule has 0 aliphatic heterocycles. The molecule has 20 heavy (non-hydrogen) atoms. The highest BCUT2D eigenvalue weighted by Gasteiger charge is 2.08. The van der Waals surface area contributed by atoms with Gasteiger partial charge in [0.15, 0.2) is 0 Å². The Morgan fingerprint density at radius 2 is 2.00 bits per heavy atom. The van der Waals surface area contributed by atoms with Gasteiger partial charge in [-0.05, 0) is 34.0 Å². The number of rotatable bonds is 5. The van der Waals surface area contributed by atoms with Gasteiger partial charge in [0.2, 0.25) is 0 Å². The lowest BCUT2D eigenvalue weighted by molar-refractivity contribution is 0.800. The molecule has 0 atom stereocenters. The molecule has 0 radical (unpaired) electrons. The average molecular weight is 352 g/mol. The van der Waals surface area contributed by atoms with Crippen molar-refractivity contribution in [2.24, 2.45) is 0 Å². The molecule has 2 aromatic rings. The number of nitrogens with zero attached hydrogens (tertiary/aromatic N) is 2. The fourth-order valence-corrected chi connectivity index (χ4v) is 3.13. The summed E-state index contributed by atoms with van der Waals surface area (Å²) >= 11 is 5.30. The number of halogens is 1. The fourth-order valence-electron chi connectivity index (χ4n) is 1.71. The molecule has 1 aromatic carbocycles. The highest BCUT2D eigenvalue weighted by Crippen LogP contribution is 2.29. The molecular weight excluding hydrogens is 334 g/mol. The Balaban J connectivity index is 2.17. The normalized spacial score (nSPS) is 10.8. The zero-order valence-corrected chi connectivity index (χ0v) is 14.3. The lowest BCUT2D eigenvalue weighted by Crippen LogP contribution is -2.04. The maximum atomic E-state index is 4.64. The number of thioether (sulfide) groups is 1. The Labute approximate surface area is 132 Å². The zero-order chi connectivity index (χ0) is 14.5. The smallest absolute Gasteiger partial charge is 0.141 e. The molecule has 0 spiro atoms.